The van der Waals surface area contributed by atoms with Crippen molar-refractivity contribution in [2.24, 2.45) is 0 Å². The van der Waals surface area contributed by atoms with Crippen molar-refractivity contribution in [3.63, 3.8) is 0 Å². The largest absolute Gasteiger partial charge is 0.313 e. The van der Waals surface area contributed by atoms with Crippen LogP contribution < -0.4 is 10.0 Å². The summed E-state index contributed by atoms with van der Waals surface area (Å²) < 4.78 is 26.8. The van der Waals surface area contributed by atoms with Crippen molar-refractivity contribution < 1.29 is 8.42 Å². The smallest absolute Gasteiger partial charge is 0.242 e. The molecule has 2 rings (SSSR count). The summed E-state index contributed by atoms with van der Waals surface area (Å²) in [5, 5.41) is 12.1. The van der Waals surface area contributed by atoms with Crippen LogP contribution in [0.25, 0.3) is 0 Å². The number of nitrogens with one attached hydrogen (secondary N) is 2. The second kappa shape index (κ2) is 5.97. The lowest BCUT2D eigenvalue weighted by atomic mass is 10.1. The maximum Gasteiger partial charge on any atom is 0.242 e. The average Bonchev–Trinajstić information content (AvgIpc) is 2.46. The van der Waals surface area contributed by atoms with Crippen molar-refractivity contribution in [3.8, 4) is 6.07 Å². The van der Waals surface area contributed by atoms with E-state index in [1.165, 1.54) is 12.1 Å². The van der Waals surface area contributed by atoms with Crippen LogP contribution in [0.5, 0.6) is 0 Å². The van der Waals surface area contributed by atoms with Crippen molar-refractivity contribution >= 4 is 10.0 Å². The average molecular weight is 277 g/mol. The normalized spacial score (nSPS) is 15.6. The third-order valence-electron chi connectivity index (χ3n) is 2.94. The fourth-order valence-corrected chi connectivity index (χ4v) is 3.08. The van der Waals surface area contributed by atoms with E-state index < -0.39 is 10.0 Å². The van der Waals surface area contributed by atoms with Gasteiger partial charge in [-0.25, -0.2) is 13.1 Å². The van der Waals surface area contributed by atoms with Crippen molar-refractivity contribution in [3.05, 3.63) is 41.5 Å². The number of hydrogen-bond acceptors (Lipinski definition) is 4. The van der Waals surface area contributed by atoms with E-state index in [1.54, 1.807) is 12.1 Å². The highest BCUT2D eigenvalue weighted by Gasteiger charge is 2.18. The van der Waals surface area contributed by atoms with Gasteiger partial charge in [0.2, 0.25) is 10.0 Å². The van der Waals surface area contributed by atoms with Gasteiger partial charge in [0.25, 0.3) is 0 Å². The van der Waals surface area contributed by atoms with Crippen LogP contribution in [0.2, 0.25) is 0 Å². The first-order valence-electron chi connectivity index (χ1n) is 6.01. The molecule has 6 heteroatoms. The number of hydrogen-bond donors (Lipinski definition) is 2. The van der Waals surface area contributed by atoms with E-state index in [0.717, 1.165) is 25.1 Å². The van der Waals surface area contributed by atoms with E-state index >= 15 is 0 Å². The summed E-state index contributed by atoms with van der Waals surface area (Å²) >= 11 is 0. The summed E-state index contributed by atoms with van der Waals surface area (Å²) in [7, 11) is -3.64. The minimum absolute atomic E-state index is 0.0343. The summed E-state index contributed by atoms with van der Waals surface area (Å²) in [5.74, 6) is 0. The lowest BCUT2D eigenvalue weighted by molar-refractivity contribution is 0.582. The Hall–Kier alpha value is -1.68. The first-order valence-corrected chi connectivity index (χ1v) is 7.49. The highest BCUT2D eigenvalue weighted by atomic mass is 32.2. The summed E-state index contributed by atoms with van der Waals surface area (Å²) in [6.45, 7) is 1.93. The molecule has 1 aromatic carbocycles. The predicted molar refractivity (Wildman–Crippen MR) is 71.9 cm³/mol. The number of nitriles is 1. The fourth-order valence-electron chi connectivity index (χ4n) is 1.89. The van der Waals surface area contributed by atoms with Crippen LogP contribution in [-0.4, -0.2) is 28.1 Å². The Morgan fingerprint density at radius 1 is 1.37 bits per heavy atom. The zero-order chi connectivity index (χ0) is 13.7. The van der Waals surface area contributed by atoms with E-state index in [4.69, 9.17) is 5.26 Å². The highest BCUT2D eigenvalue weighted by Crippen LogP contribution is 2.14. The highest BCUT2D eigenvalue weighted by molar-refractivity contribution is 7.89. The maximum absolute atomic E-state index is 12.1. The van der Waals surface area contributed by atoms with E-state index in [-0.39, 0.29) is 10.5 Å². The van der Waals surface area contributed by atoms with Crippen LogP contribution in [0.4, 0.5) is 0 Å². The van der Waals surface area contributed by atoms with Crippen molar-refractivity contribution in [1.82, 2.24) is 10.0 Å². The lowest BCUT2D eigenvalue weighted by Crippen LogP contribution is -2.30. The Bertz CT molecular complexity index is 630. The molecular formula is C13H15N3O2S. The third kappa shape index (κ3) is 3.41. The molecule has 0 radical (unpaired) electrons. The molecule has 0 spiro atoms. The molecular weight excluding hydrogens is 262 g/mol. The van der Waals surface area contributed by atoms with E-state index in [1.807, 2.05) is 12.1 Å². The number of benzene rings is 1. The number of sulfonamides is 1. The number of rotatable bonds is 4. The Morgan fingerprint density at radius 3 is 2.84 bits per heavy atom. The second-order valence-corrected chi connectivity index (χ2v) is 5.98. The molecule has 1 aliphatic heterocycles. The molecule has 5 nitrogen and oxygen atoms in total. The molecule has 1 aromatic rings. The van der Waals surface area contributed by atoms with E-state index in [9.17, 15) is 8.42 Å². The summed E-state index contributed by atoms with van der Waals surface area (Å²) in [5.41, 5.74) is 1.23. The minimum atomic E-state index is -3.64. The standard InChI is InChI=1S/C13H15N3O2S/c14-9-12-3-1-2-4-13(12)19(17,18)16-10-11-5-7-15-8-6-11/h1-5,15-16H,6-8,10H2. The molecule has 0 amide bonds. The van der Waals surface area contributed by atoms with Crippen LogP contribution in [0.1, 0.15) is 12.0 Å². The molecule has 2 N–H and O–H groups in total. The van der Waals surface area contributed by atoms with Gasteiger partial charge in [-0.05, 0) is 25.1 Å². The fraction of sp³-hybridized carbons (Fsp3) is 0.308. The number of nitrogens with zero attached hydrogens (tertiary/aromatic N) is 1. The Balaban J connectivity index is 2.14. The van der Waals surface area contributed by atoms with E-state index in [2.05, 4.69) is 10.0 Å². The van der Waals surface area contributed by atoms with Gasteiger partial charge in [0.1, 0.15) is 6.07 Å². The van der Waals surface area contributed by atoms with Crippen molar-refractivity contribution in [1.29, 1.82) is 5.26 Å². The van der Waals surface area contributed by atoms with Crippen LogP contribution in [0.3, 0.4) is 0 Å². The SMILES string of the molecule is N#Cc1ccccc1S(=O)(=O)NCC1=CCNCC1. The molecule has 19 heavy (non-hydrogen) atoms. The quantitative estimate of drug-likeness (QED) is 0.796. The van der Waals surface area contributed by atoms with Crippen molar-refractivity contribution in [2.75, 3.05) is 19.6 Å². The van der Waals surface area contributed by atoms with Gasteiger partial charge in [-0.3, -0.25) is 0 Å². The van der Waals surface area contributed by atoms with Gasteiger partial charge < -0.3 is 5.32 Å². The Kier molecular flexibility index (Phi) is 4.32. The van der Waals surface area contributed by atoms with Crippen LogP contribution >= 0.6 is 0 Å². The third-order valence-corrected chi connectivity index (χ3v) is 4.40. The molecule has 0 aromatic heterocycles. The monoisotopic (exact) mass is 277 g/mol. The van der Waals surface area contributed by atoms with Crippen molar-refractivity contribution in [2.45, 2.75) is 11.3 Å². The second-order valence-electron chi connectivity index (χ2n) is 4.25. The van der Waals surface area contributed by atoms with Gasteiger partial charge in [-0.1, -0.05) is 23.8 Å². The zero-order valence-corrected chi connectivity index (χ0v) is 11.2. The van der Waals surface area contributed by atoms with Gasteiger partial charge in [-0.2, -0.15) is 5.26 Å². The Labute approximate surface area is 113 Å². The topological polar surface area (TPSA) is 82.0 Å². The van der Waals surface area contributed by atoms with Gasteiger partial charge in [0.05, 0.1) is 10.5 Å². The van der Waals surface area contributed by atoms with Gasteiger partial charge in [0, 0.05) is 13.1 Å². The first-order chi connectivity index (χ1) is 9.13. The Morgan fingerprint density at radius 2 is 2.16 bits per heavy atom. The lowest BCUT2D eigenvalue weighted by Gasteiger charge is -2.15. The predicted octanol–water partition coefficient (Wildman–Crippen LogP) is 0.756. The molecule has 0 saturated heterocycles. The summed E-state index contributed by atoms with van der Waals surface area (Å²) in [6, 6.07) is 8.09. The van der Waals surface area contributed by atoms with Gasteiger partial charge in [-0.15, -0.1) is 0 Å². The van der Waals surface area contributed by atoms with E-state index in [0.29, 0.717) is 6.54 Å². The molecule has 0 fully saturated rings. The van der Waals surface area contributed by atoms with Crippen LogP contribution in [-0.2, 0) is 10.0 Å². The molecule has 0 saturated carbocycles. The van der Waals surface area contributed by atoms with Gasteiger partial charge >= 0.3 is 0 Å². The molecule has 0 aliphatic carbocycles. The van der Waals surface area contributed by atoms with Gasteiger partial charge in [0.15, 0.2) is 0 Å². The molecule has 1 aliphatic rings. The van der Waals surface area contributed by atoms with Crippen LogP contribution in [0, 0.1) is 11.3 Å². The maximum atomic E-state index is 12.1. The molecule has 0 bridgehead atoms. The minimum Gasteiger partial charge on any atom is -0.313 e. The molecule has 1 heterocycles. The zero-order valence-electron chi connectivity index (χ0n) is 10.4. The molecule has 0 unspecified atom stereocenters. The molecule has 0 atom stereocenters. The summed E-state index contributed by atoms with van der Waals surface area (Å²) in [6.07, 6.45) is 2.82. The molecule has 100 valence electrons. The van der Waals surface area contributed by atoms with Crippen LogP contribution in [0.15, 0.2) is 40.8 Å². The first kappa shape index (κ1) is 13.7. The summed E-state index contributed by atoms with van der Waals surface area (Å²) in [4.78, 5) is 0.0343.